The summed E-state index contributed by atoms with van der Waals surface area (Å²) >= 11 is 6.15. The molecule has 3 atom stereocenters. The lowest BCUT2D eigenvalue weighted by atomic mass is 9.94. The summed E-state index contributed by atoms with van der Waals surface area (Å²) in [7, 11) is 0. The van der Waals surface area contributed by atoms with Gasteiger partial charge in [0.2, 0.25) is 0 Å². The van der Waals surface area contributed by atoms with Gasteiger partial charge in [0.1, 0.15) is 5.75 Å². The maximum Gasteiger partial charge on any atom is 0.137 e. The highest BCUT2D eigenvalue weighted by Gasteiger charge is 2.34. The number of nitrogens with one attached hydrogen (secondary N) is 2. The van der Waals surface area contributed by atoms with Gasteiger partial charge in [-0.3, -0.25) is 10.9 Å². The second-order valence-corrected chi connectivity index (χ2v) is 8.39. The highest BCUT2D eigenvalue weighted by molar-refractivity contribution is 6.32. The number of hydrogen-bond acceptors (Lipinski definition) is 4. The van der Waals surface area contributed by atoms with E-state index in [1.54, 1.807) is 0 Å². The Bertz CT molecular complexity index is 742. The van der Waals surface area contributed by atoms with E-state index in [2.05, 4.69) is 46.1 Å². The molecule has 0 aromatic heterocycles. The zero-order valence-electron chi connectivity index (χ0n) is 16.3. The highest BCUT2D eigenvalue weighted by atomic mass is 35.5. The standard InChI is InChI=1S/C23H30ClN3O/c24-21-8-4-5-9-23(21)28-15-12-20-16-22(26-25-20)19-11-14-27(17-19)13-10-18-6-2-1-3-7-18/h1-9,19-20,22,25-26H,10-17H2. The number of benzene rings is 2. The molecule has 0 aliphatic carbocycles. The summed E-state index contributed by atoms with van der Waals surface area (Å²) in [5.74, 6) is 1.51. The summed E-state index contributed by atoms with van der Waals surface area (Å²) in [4.78, 5) is 2.62. The summed E-state index contributed by atoms with van der Waals surface area (Å²) in [5, 5.41) is 0.680. The molecule has 0 radical (unpaired) electrons. The Morgan fingerprint density at radius 2 is 1.86 bits per heavy atom. The van der Waals surface area contributed by atoms with Crippen molar-refractivity contribution in [3.05, 3.63) is 65.2 Å². The molecule has 2 heterocycles. The first kappa shape index (κ1) is 19.7. The summed E-state index contributed by atoms with van der Waals surface area (Å²) < 4.78 is 5.84. The minimum absolute atomic E-state index is 0.464. The van der Waals surface area contributed by atoms with Gasteiger partial charge in [-0.2, -0.15) is 0 Å². The zero-order valence-corrected chi connectivity index (χ0v) is 17.1. The second kappa shape index (κ2) is 9.75. The van der Waals surface area contributed by atoms with E-state index in [1.165, 1.54) is 31.5 Å². The van der Waals surface area contributed by atoms with Crippen molar-refractivity contribution in [2.75, 3.05) is 26.2 Å². The Kier molecular flexibility index (Phi) is 6.86. The van der Waals surface area contributed by atoms with Crippen molar-refractivity contribution in [3.63, 3.8) is 0 Å². The minimum atomic E-state index is 0.464. The first-order valence-corrected chi connectivity index (χ1v) is 10.8. The summed E-state index contributed by atoms with van der Waals surface area (Å²) in [5.41, 5.74) is 8.46. The molecule has 4 rings (SSSR count). The van der Waals surface area contributed by atoms with E-state index in [0.717, 1.165) is 31.1 Å². The van der Waals surface area contributed by atoms with Gasteiger partial charge in [-0.05, 0) is 55.8 Å². The molecular formula is C23H30ClN3O. The van der Waals surface area contributed by atoms with E-state index in [4.69, 9.17) is 16.3 Å². The van der Waals surface area contributed by atoms with E-state index < -0.39 is 0 Å². The van der Waals surface area contributed by atoms with Gasteiger partial charge in [-0.25, -0.2) is 0 Å². The quantitative estimate of drug-likeness (QED) is 0.705. The summed E-state index contributed by atoms with van der Waals surface area (Å²) in [6.07, 6.45) is 4.59. The van der Waals surface area contributed by atoms with Crippen LogP contribution < -0.4 is 15.6 Å². The fourth-order valence-corrected chi connectivity index (χ4v) is 4.54. The van der Waals surface area contributed by atoms with Gasteiger partial charge < -0.3 is 9.64 Å². The number of nitrogens with zero attached hydrogens (tertiary/aromatic N) is 1. The largest absolute Gasteiger partial charge is 0.492 e. The third-order valence-electron chi connectivity index (χ3n) is 6.01. The monoisotopic (exact) mass is 399 g/mol. The molecule has 3 unspecified atom stereocenters. The van der Waals surface area contributed by atoms with Crippen LogP contribution in [-0.2, 0) is 6.42 Å². The maximum absolute atomic E-state index is 6.15. The van der Waals surface area contributed by atoms with E-state index in [-0.39, 0.29) is 0 Å². The lowest BCUT2D eigenvalue weighted by molar-refractivity contribution is 0.289. The van der Waals surface area contributed by atoms with Crippen LogP contribution in [0.2, 0.25) is 5.02 Å². The smallest absolute Gasteiger partial charge is 0.137 e. The predicted octanol–water partition coefficient (Wildman–Crippen LogP) is 3.91. The van der Waals surface area contributed by atoms with Crippen LogP contribution in [0.3, 0.4) is 0 Å². The Morgan fingerprint density at radius 1 is 1.04 bits per heavy atom. The van der Waals surface area contributed by atoms with Crippen molar-refractivity contribution in [1.82, 2.24) is 15.8 Å². The average molecular weight is 400 g/mol. The minimum Gasteiger partial charge on any atom is -0.492 e. The van der Waals surface area contributed by atoms with Crippen LogP contribution in [0.1, 0.15) is 24.8 Å². The second-order valence-electron chi connectivity index (χ2n) is 7.98. The third kappa shape index (κ3) is 5.26. The molecule has 2 saturated heterocycles. The van der Waals surface area contributed by atoms with Gasteiger partial charge in [-0.1, -0.05) is 54.1 Å². The van der Waals surface area contributed by atoms with Gasteiger partial charge in [0.05, 0.1) is 11.6 Å². The van der Waals surface area contributed by atoms with Crippen molar-refractivity contribution < 1.29 is 4.74 Å². The number of hydrogen-bond donors (Lipinski definition) is 2. The van der Waals surface area contributed by atoms with Gasteiger partial charge in [-0.15, -0.1) is 0 Å². The van der Waals surface area contributed by atoms with Crippen molar-refractivity contribution in [1.29, 1.82) is 0 Å². The Balaban J connectivity index is 1.16. The number of rotatable bonds is 8. The Labute approximate surface area is 173 Å². The lowest BCUT2D eigenvalue weighted by Crippen LogP contribution is -2.38. The van der Waals surface area contributed by atoms with Crippen molar-refractivity contribution in [2.45, 2.75) is 37.8 Å². The molecule has 0 spiro atoms. The van der Waals surface area contributed by atoms with E-state index in [0.29, 0.717) is 23.7 Å². The molecule has 2 aliphatic rings. The van der Waals surface area contributed by atoms with Crippen LogP contribution in [0.5, 0.6) is 5.75 Å². The fourth-order valence-electron chi connectivity index (χ4n) is 4.35. The molecule has 2 N–H and O–H groups in total. The number of para-hydroxylation sites is 1. The first-order chi connectivity index (χ1) is 13.8. The zero-order chi connectivity index (χ0) is 19.2. The van der Waals surface area contributed by atoms with E-state index in [9.17, 15) is 0 Å². The fraction of sp³-hybridized carbons (Fsp3) is 0.478. The van der Waals surface area contributed by atoms with Crippen LogP contribution >= 0.6 is 11.6 Å². The topological polar surface area (TPSA) is 36.5 Å². The van der Waals surface area contributed by atoms with Gasteiger partial charge >= 0.3 is 0 Å². The molecule has 2 aromatic carbocycles. The van der Waals surface area contributed by atoms with E-state index in [1.807, 2.05) is 24.3 Å². The summed E-state index contributed by atoms with van der Waals surface area (Å²) in [6, 6.07) is 19.5. The van der Waals surface area contributed by atoms with Crippen LogP contribution in [0.15, 0.2) is 54.6 Å². The van der Waals surface area contributed by atoms with Crippen LogP contribution in [0.25, 0.3) is 0 Å². The van der Waals surface area contributed by atoms with Gasteiger partial charge in [0, 0.05) is 25.2 Å². The van der Waals surface area contributed by atoms with Gasteiger partial charge in [0.15, 0.2) is 0 Å². The van der Waals surface area contributed by atoms with Crippen LogP contribution in [-0.4, -0.2) is 43.2 Å². The average Bonchev–Trinajstić information content (AvgIpc) is 3.38. The molecule has 2 fully saturated rings. The van der Waals surface area contributed by atoms with Crippen molar-refractivity contribution in [2.24, 2.45) is 5.92 Å². The van der Waals surface area contributed by atoms with Crippen molar-refractivity contribution in [3.8, 4) is 5.75 Å². The molecule has 28 heavy (non-hydrogen) atoms. The normalized spacial score (nSPS) is 25.2. The molecule has 0 amide bonds. The lowest BCUT2D eigenvalue weighted by Gasteiger charge is -2.19. The number of likely N-dealkylation sites (tertiary alicyclic amines) is 1. The van der Waals surface area contributed by atoms with Crippen LogP contribution in [0.4, 0.5) is 0 Å². The molecule has 2 aromatic rings. The molecule has 150 valence electrons. The number of hydrazine groups is 1. The molecule has 0 bridgehead atoms. The molecule has 5 heteroatoms. The first-order valence-electron chi connectivity index (χ1n) is 10.4. The SMILES string of the molecule is Clc1ccccc1OCCC1CC(C2CCN(CCc3ccccc3)C2)NN1. The maximum atomic E-state index is 6.15. The Hall–Kier alpha value is -1.59. The van der Waals surface area contributed by atoms with Gasteiger partial charge in [0.25, 0.3) is 0 Å². The molecular weight excluding hydrogens is 370 g/mol. The molecule has 4 nitrogen and oxygen atoms in total. The predicted molar refractivity (Wildman–Crippen MR) is 115 cm³/mol. The van der Waals surface area contributed by atoms with Crippen molar-refractivity contribution >= 4 is 11.6 Å². The highest BCUT2D eigenvalue weighted by Crippen LogP contribution is 2.26. The third-order valence-corrected chi connectivity index (χ3v) is 6.32. The molecule has 2 aliphatic heterocycles. The molecule has 0 saturated carbocycles. The number of halogens is 1. The number of ether oxygens (including phenoxy) is 1. The van der Waals surface area contributed by atoms with E-state index >= 15 is 0 Å². The van der Waals surface area contributed by atoms with Crippen LogP contribution in [0, 0.1) is 5.92 Å². The summed E-state index contributed by atoms with van der Waals surface area (Å²) in [6.45, 7) is 4.27. The Morgan fingerprint density at radius 3 is 2.71 bits per heavy atom.